The topological polar surface area (TPSA) is 49.9 Å². The first-order valence-electron chi connectivity index (χ1n) is 9.52. The summed E-state index contributed by atoms with van der Waals surface area (Å²) in [5.74, 6) is 0.505. The third-order valence-corrected chi connectivity index (χ3v) is 5.54. The minimum Gasteiger partial charge on any atom is -0.378 e. The second-order valence-corrected chi connectivity index (χ2v) is 7.51. The molecule has 0 aliphatic carbocycles. The van der Waals surface area contributed by atoms with Gasteiger partial charge in [-0.1, -0.05) is 23.7 Å². The molecule has 2 fully saturated rings. The Morgan fingerprint density at radius 3 is 2.31 bits per heavy atom. The van der Waals surface area contributed by atoms with Gasteiger partial charge in [0.05, 0.1) is 13.2 Å². The highest BCUT2D eigenvalue weighted by atomic mass is 35.5. The Kier molecular flexibility index (Phi) is 6.92. The van der Waals surface area contributed by atoms with Crippen molar-refractivity contribution in [3.8, 4) is 0 Å². The molecular weight excluding hydrogens is 352 g/mol. The second-order valence-electron chi connectivity index (χ2n) is 7.07. The van der Waals surface area contributed by atoms with Gasteiger partial charge in [0.2, 0.25) is 11.8 Å². The number of ether oxygens (including phenoxy) is 1. The lowest BCUT2D eigenvalue weighted by Crippen LogP contribution is -2.47. The van der Waals surface area contributed by atoms with E-state index in [2.05, 4.69) is 0 Å². The first-order chi connectivity index (χ1) is 12.6. The summed E-state index contributed by atoms with van der Waals surface area (Å²) in [6.07, 6.45) is 3.84. The van der Waals surface area contributed by atoms with Crippen molar-refractivity contribution in [2.24, 2.45) is 5.92 Å². The number of hydrogen-bond donors (Lipinski definition) is 0. The Hall–Kier alpha value is -1.59. The van der Waals surface area contributed by atoms with Crippen LogP contribution in [0.3, 0.4) is 0 Å². The normalized spacial score (nSPS) is 18.8. The van der Waals surface area contributed by atoms with Gasteiger partial charge in [-0.25, -0.2) is 0 Å². The number of hydrogen-bond acceptors (Lipinski definition) is 3. The summed E-state index contributed by atoms with van der Waals surface area (Å²) in [4.78, 5) is 28.8. The fraction of sp³-hybridized carbons (Fsp3) is 0.600. The van der Waals surface area contributed by atoms with E-state index in [-0.39, 0.29) is 17.7 Å². The lowest BCUT2D eigenvalue weighted by atomic mass is 9.94. The van der Waals surface area contributed by atoms with Gasteiger partial charge in [0.25, 0.3) is 0 Å². The van der Waals surface area contributed by atoms with Crippen LogP contribution in [0.25, 0.3) is 0 Å². The first kappa shape index (κ1) is 19.2. The van der Waals surface area contributed by atoms with Crippen LogP contribution in [-0.2, 0) is 20.7 Å². The maximum absolute atomic E-state index is 12.5. The molecule has 0 atom stereocenters. The zero-order valence-corrected chi connectivity index (χ0v) is 15.9. The number of nitrogens with zero attached hydrogens (tertiary/aromatic N) is 2. The maximum atomic E-state index is 12.5. The van der Waals surface area contributed by atoms with Crippen LogP contribution in [0.4, 0.5) is 0 Å². The summed E-state index contributed by atoms with van der Waals surface area (Å²) in [5, 5.41) is 0.735. The van der Waals surface area contributed by atoms with Crippen molar-refractivity contribution in [3.05, 3.63) is 34.9 Å². The predicted molar refractivity (Wildman–Crippen MR) is 101 cm³/mol. The van der Waals surface area contributed by atoms with Crippen molar-refractivity contribution < 1.29 is 14.3 Å². The van der Waals surface area contributed by atoms with Crippen LogP contribution in [-0.4, -0.2) is 61.0 Å². The number of amides is 2. The molecule has 0 radical (unpaired) electrons. The highest BCUT2D eigenvalue weighted by Gasteiger charge is 2.30. The summed E-state index contributed by atoms with van der Waals surface area (Å²) in [6, 6.07) is 7.79. The number of carbonyl (C=O) groups excluding carboxylic acids is 2. The number of aryl methyl sites for hydroxylation is 1. The van der Waals surface area contributed by atoms with Gasteiger partial charge < -0.3 is 14.5 Å². The molecule has 1 aromatic rings. The summed E-state index contributed by atoms with van der Waals surface area (Å²) in [5.41, 5.74) is 1.21. The number of carbonyl (C=O) groups is 2. The molecule has 2 heterocycles. The highest BCUT2D eigenvalue weighted by molar-refractivity contribution is 6.30. The van der Waals surface area contributed by atoms with Crippen molar-refractivity contribution in [1.29, 1.82) is 0 Å². The van der Waals surface area contributed by atoms with Crippen LogP contribution in [0.2, 0.25) is 5.02 Å². The number of rotatable bonds is 5. The quantitative estimate of drug-likeness (QED) is 0.791. The average Bonchev–Trinajstić information content (AvgIpc) is 2.69. The van der Waals surface area contributed by atoms with Crippen molar-refractivity contribution >= 4 is 23.4 Å². The third-order valence-electron chi connectivity index (χ3n) is 5.29. The Morgan fingerprint density at radius 1 is 1.00 bits per heavy atom. The molecule has 2 aliphatic heterocycles. The minimum absolute atomic E-state index is 0.0613. The predicted octanol–water partition coefficient (Wildman–Crippen LogP) is 2.76. The molecule has 26 heavy (non-hydrogen) atoms. The van der Waals surface area contributed by atoms with Crippen molar-refractivity contribution in [2.45, 2.75) is 32.1 Å². The Labute approximate surface area is 160 Å². The number of halogens is 1. The molecule has 6 heteroatoms. The van der Waals surface area contributed by atoms with Gasteiger partial charge in [0.15, 0.2) is 0 Å². The second kappa shape index (κ2) is 9.38. The Bertz CT molecular complexity index is 606. The van der Waals surface area contributed by atoms with E-state index >= 15 is 0 Å². The Balaban J connectivity index is 1.37. The molecular formula is C20H27ClN2O3. The maximum Gasteiger partial charge on any atom is 0.225 e. The van der Waals surface area contributed by atoms with Crippen LogP contribution in [0, 0.1) is 5.92 Å². The van der Waals surface area contributed by atoms with Gasteiger partial charge in [-0.15, -0.1) is 0 Å². The van der Waals surface area contributed by atoms with Gasteiger partial charge in [-0.2, -0.15) is 0 Å². The van der Waals surface area contributed by atoms with Gasteiger partial charge in [-0.3, -0.25) is 9.59 Å². The molecule has 1 aromatic carbocycles. The number of morpholine rings is 1. The van der Waals surface area contributed by atoms with E-state index in [4.69, 9.17) is 16.3 Å². The molecule has 0 saturated carbocycles. The van der Waals surface area contributed by atoms with E-state index in [0.29, 0.717) is 45.8 Å². The zero-order valence-electron chi connectivity index (χ0n) is 15.2. The van der Waals surface area contributed by atoms with Gasteiger partial charge in [0, 0.05) is 43.5 Å². The highest BCUT2D eigenvalue weighted by Crippen LogP contribution is 2.21. The Morgan fingerprint density at radius 2 is 1.65 bits per heavy atom. The summed E-state index contributed by atoms with van der Waals surface area (Å²) < 4.78 is 5.31. The van der Waals surface area contributed by atoms with E-state index < -0.39 is 0 Å². The lowest BCUT2D eigenvalue weighted by molar-refractivity contribution is -0.143. The molecule has 2 aliphatic rings. The van der Waals surface area contributed by atoms with Gasteiger partial charge in [-0.05, 0) is 43.4 Å². The van der Waals surface area contributed by atoms with E-state index in [1.54, 1.807) is 0 Å². The third kappa shape index (κ3) is 5.21. The van der Waals surface area contributed by atoms with Crippen LogP contribution in [0.5, 0.6) is 0 Å². The van der Waals surface area contributed by atoms with Crippen LogP contribution >= 0.6 is 11.6 Å². The molecule has 5 nitrogen and oxygen atoms in total. The summed E-state index contributed by atoms with van der Waals surface area (Å²) >= 11 is 5.89. The van der Waals surface area contributed by atoms with Crippen molar-refractivity contribution in [3.63, 3.8) is 0 Å². The number of likely N-dealkylation sites (tertiary alicyclic amines) is 1. The van der Waals surface area contributed by atoms with E-state index in [1.807, 2.05) is 34.1 Å². The van der Waals surface area contributed by atoms with E-state index in [9.17, 15) is 9.59 Å². The smallest absolute Gasteiger partial charge is 0.225 e. The number of benzene rings is 1. The fourth-order valence-electron chi connectivity index (χ4n) is 3.67. The molecule has 0 aromatic heterocycles. The van der Waals surface area contributed by atoms with Crippen LogP contribution in [0.1, 0.15) is 31.2 Å². The van der Waals surface area contributed by atoms with E-state index in [1.165, 1.54) is 5.56 Å². The van der Waals surface area contributed by atoms with Crippen molar-refractivity contribution in [1.82, 2.24) is 9.80 Å². The lowest BCUT2D eigenvalue weighted by Gasteiger charge is -2.35. The van der Waals surface area contributed by atoms with Crippen molar-refractivity contribution in [2.75, 3.05) is 39.4 Å². The molecule has 0 N–H and O–H groups in total. The molecule has 0 spiro atoms. The first-order valence-corrected chi connectivity index (χ1v) is 9.90. The van der Waals surface area contributed by atoms with Crippen LogP contribution < -0.4 is 0 Å². The molecule has 142 valence electrons. The van der Waals surface area contributed by atoms with Crippen LogP contribution in [0.15, 0.2) is 24.3 Å². The van der Waals surface area contributed by atoms with E-state index in [0.717, 1.165) is 30.7 Å². The molecule has 0 unspecified atom stereocenters. The van der Waals surface area contributed by atoms with Gasteiger partial charge in [0.1, 0.15) is 0 Å². The standard InChI is InChI=1S/C20H27ClN2O3/c21-18-6-4-16(5-7-18)2-1-3-19(24)22-10-8-17(9-11-22)20(25)23-12-14-26-15-13-23/h4-7,17H,1-3,8-15H2. The summed E-state index contributed by atoms with van der Waals surface area (Å²) in [6.45, 7) is 4.06. The molecule has 2 saturated heterocycles. The number of piperidine rings is 1. The largest absolute Gasteiger partial charge is 0.378 e. The zero-order chi connectivity index (χ0) is 18.4. The minimum atomic E-state index is 0.0613. The monoisotopic (exact) mass is 378 g/mol. The molecule has 3 rings (SSSR count). The SMILES string of the molecule is O=C(CCCc1ccc(Cl)cc1)N1CCC(C(=O)N2CCOCC2)CC1. The summed E-state index contributed by atoms with van der Waals surface area (Å²) in [7, 11) is 0. The average molecular weight is 379 g/mol. The van der Waals surface area contributed by atoms with Gasteiger partial charge >= 0.3 is 0 Å². The molecule has 0 bridgehead atoms. The fourth-order valence-corrected chi connectivity index (χ4v) is 3.80. The molecule has 2 amide bonds.